The van der Waals surface area contributed by atoms with E-state index in [0.29, 0.717) is 11.6 Å². The molecule has 2 aromatic carbocycles. The minimum absolute atomic E-state index is 0.00770. The van der Waals surface area contributed by atoms with E-state index in [2.05, 4.69) is 15.2 Å². The van der Waals surface area contributed by atoms with Crippen molar-refractivity contribution in [1.82, 2.24) is 15.2 Å². The quantitative estimate of drug-likeness (QED) is 0.540. The number of pyridine rings is 1. The lowest BCUT2D eigenvalue weighted by Crippen LogP contribution is -2.42. The summed E-state index contributed by atoms with van der Waals surface area (Å²) in [4.78, 5) is 20.0. The Labute approximate surface area is 194 Å². The summed E-state index contributed by atoms with van der Waals surface area (Å²) < 4.78 is 5.80. The first-order chi connectivity index (χ1) is 15.7. The van der Waals surface area contributed by atoms with Gasteiger partial charge in [0.25, 0.3) is 0 Å². The van der Waals surface area contributed by atoms with Crippen LogP contribution in [0.1, 0.15) is 30.1 Å². The molecule has 1 N–H and O–H groups in total. The first-order valence-corrected chi connectivity index (χ1v) is 11.4. The Morgan fingerprint density at radius 1 is 1.06 bits per heavy atom. The zero-order valence-electron chi connectivity index (χ0n) is 18.0. The van der Waals surface area contributed by atoms with Crippen molar-refractivity contribution in [1.29, 1.82) is 0 Å². The number of likely N-dealkylation sites (tertiary alicyclic amines) is 1. The topological polar surface area (TPSA) is 54.5 Å². The predicted molar refractivity (Wildman–Crippen MR) is 127 cm³/mol. The summed E-state index contributed by atoms with van der Waals surface area (Å²) in [5, 5.41) is 3.87. The molecule has 1 amide bonds. The number of hydrogen-bond acceptors (Lipinski definition) is 4. The van der Waals surface area contributed by atoms with Gasteiger partial charge in [-0.3, -0.25) is 14.7 Å². The molecule has 166 valence electrons. The molecule has 6 heteroatoms. The number of rotatable bonds is 8. The van der Waals surface area contributed by atoms with E-state index in [9.17, 15) is 4.79 Å². The van der Waals surface area contributed by atoms with Crippen molar-refractivity contribution < 1.29 is 9.53 Å². The van der Waals surface area contributed by atoms with Crippen LogP contribution in [0, 0.1) is 5.92 Å². The van der Waals surface area contributed by atoms with Gasteiger partial charge in [-0.2, -0.15) is 0 Å². The Bertz CT molecular complexity index is 992. The molecule has 0 aliphatic carbocycles. The van der Waals surface area contributed by atoms with E-state index in [4.69, 9.17) is 16.3 Å². The second kappa shape index (κ2) is 11.1. The van der Waals surface area contributed by atoms with E-state index in [1.807, 2.05) is 72.8 Å². The number of para-hydroxylation sites is 1. The SMILES string of the molecule is O=C(N[C@H](c1cccc(Cl)c1)c1ccccn1)C1CCN(CCOc2ccccc2)CC1. The molecular formula is C26H28ClN3O2. The Hall–Kier alpha value is -2.89. The summed E-state index contributed by atoms with van der Waals surface area (Å²) in [6.45, 7) is 3.29. The van der Waals surface area contributed by atoms with Crippen molar-refractivity contribution in [3.63, 3.8) is 0 Å². The van der Waals surface area contributed by atoms with Gasteiger partial charge in [-0.1, -0.05) is 48.0 Å². The minimum Gasteiger partial charge on any atom is -0.492 e. The highest BCUT2D eigenvalue weighted by Gasteiger charge is 2.27. The zero-order valence-corrected chi connectivity index (χ0v) is 18.7. The van der Waals surface area contributed by atoms with Crippen LogP contribution in [0.25, 0.3) is 0 Å². The predicted octanol–water partition coefficient (Wildman–Crippen LogP) is 4.73. The van der Waals surface area contributed by atoms with Crippen LogP contribution in [-0.4, -0.2) is 42.0 Å². The molecule has 5 nitrogen and oxygen atoms in total. The maximum absolute atomic E-state index is 13.1. The Kier molecular flexibility index (Phi) is 7.75. The number of benzene rings is 2. The zero-order chi connectivity index (χ0) is 22.2. The van der Waals surface area contributed by atoms with E-state index in [-0.39, 0.29) is 17.9 Å². The fraction of sp³-hybridized carbons (Fsp3) is 0.308. The van der Waals surface area contributed by atoms with E-state index in [1.54, 1.807) is 6.20 Å². The number of ether oxygens (including phenoxy) is 1. The molecule has 0 bridgehead atoms. The van der Waals surface area contributed by atoms with Crippen molar-refractivity contribution in [2.75, 3.05) is 26.2 Å². The summed E-state index contributed by atoms with van der Waals surface area (Å²) in [5.41, 5.74) is 1.73. The van der Waals surface area contributed by atoms with Crippen LogP contribution in [0.2, 0.25) is 5.02 Å². The van der Waals surface area contributed by atoms with E-state index >= 15 is 0 Å². The Morgan fingerprint density at radius 2 is 1.84 bits per heavy atom. The summed E-state index contributed by atoms with van der Waals surface area (Å²) in [5.74, 6) is 0.954. The number of carbonyl (C=O) groups is 1. The average molecular weight is 450 g/mol. The van der Waals surface area contributed by atoms with Gasteiger partial charge in [0.15, 0.2) is 0 Å². The van der Waals surface area contributed by atoms with Gasteiger partial charge in [0.2, 0.25) is 5.91 Å². The van der Waals surface area contributed by atoms with Crippen molar-refractivity contribution in [3.8, 4) is 5.75 Å². The molecule has 0 radical (unpaired) electrons. The number of hydrogen-bond donors (Lipinski definition) is 1. The molecule has 1 atom stereocenters. The lowest BCUT2D eigenvalue weighted by molar-refractivity contribution is -0.127. The lowest BCUT2D eigenvalue weighted by atomic mass is 9.94. The smallest absolute Gasteiger partial charge is 0.224 e. The highest BCUT2D eigenvalue weighted by atomic mass is 35.5. The van der Waals surface area contributed by atoms with Gasteiger partial charge in [-0.25, -0.2) is 0 Å². The molecule has 1 aliphatic heterocycles. The number of amides is 1. The fourth-order valence-corrected chi connectivity index (χ4v) is 4.25. The number of halogens is 1. The number of nitrogens with one attached hydrogen (secondary N) is 1. The van der Waals surface area contributed by atoms with Gasteiger partial charge in [-0.05, 0) is 67.9 Å². The number of carbonyl (C=O) groups excluding carboxylic acids is 1. The van der Waals surface area contributed by atoms with Crippen molar-refractivity contribution in [2.24, 2.45) is 5.92 Å². The van der Waals surface area contributed by atoms with Crippen LogP contribution in [0.5, 0.6) is 5.75 Å². The summed E-state index contributed by atoms with van der Waals surface area (Å²) in [6.07, 6.45) is 3.42. The van der Waals surface area contributed by atoms with Crippen LogP contribution in [0.15, 0.2) is 79.0 Å². The van der Waals surface area contributed by atoms with E-state index in [1.165, 1.54) is 0 Å². The first-order valence-electron chi connectivity index (χ1n) is 11.1. The van der Waals surface area contributed by atoms with Crippen LogP contribution < -0.4 is 10.1 Å². The molecular weight excluding hydrogens is 422 g/mol. The van der Waals surface area contributed by atoms with Crippen LogP contribution in [0.4, 0.5) is 0 Å². The fourth-order valence-electron chi connectivity index (χ4n) is 4.05. The molecule has 3 aromatic rings. The Balaban J connectivity index is 1.31. The minimum atomic E-state index is -0.320. The normalized spacial score (nSPS) is 15.8. The largest absolute Gasteiger partial charge is 0.492 e. The number of aromatic nitrogens is 1. The van der Waals surface area contributed by atoms with E-state index < -0.39 is 0 Å². The molecule has 2 heterocycles. The molecule has 1 saturated heterocycles. The van der Waals surface area contributed by atoms with Crippen LogP contribution >= 0.6 is 11.6 Å². The van der Waals surface area contributed by atoms with Crippen LogP contribution in [0.3, 0.4) is 0 Å². The highest BCUT2D eigenvalue weighted by molar-refractivity contribution is 6.30. The maximum atomic E-state index is 13.1. The average Bonchev–Trinajstić information content (AvgIpc) is 2.84. The molecule has 0 spiro atoms. The second-order valence-corrected chi connectivity index (χ2v) is 8.47. The molecule has 0 unspecified atom stereocenters. The van der Waals surface area contributed by atoms with Gasteiger partial charge in [0.1, 0.15) is 12.4 Å². The van der Waals surface area contributed by atoms with Gasteiger partial charge in [0.05, 0.1) is 11.7 Å². The molecule has 32 heavy (non-hydrogen) atoms. The van der Waals surface area contributed by atoms with Crippen molar-refractivity contribution >= 4 is 17.5 Å². The Morgan fingerprint density at radius 3 is 2.56 bits per heavy atom. The van der Waals surface area contributed by atoms with Gasteiger partial charge < -0.3 is 10.1 Å². The van der Waals surface area contributed by atoms with Crippen molar-refractivity contribution in [2.45, 2.75) is 18.9 Å². The molecule has 4 rings (SSSR count). The molecule has 1 aliphatic rings. The number of piperidine rings is 1. The van der Waals surface area contributed by atoms with Gasteiger partial charge in [0, 0.05) is 23.7 Å². The number of nitrogens with zero attached hydrogens (tertiary/aromatic N) is 2. The third-order valence-corrected chi connectivity index (χ3v) is 6.07. The van der Waals surface area contributed by atoms with Crippen molar-refractivity contribution in [3.05, 3.63) is 95.3 Å². The monoisotopic (exact) mass is 449 g/mol. The summed E-state index contributed by atoms with van der Waals surface area (Å²) in [6, 6.07) is 22.9. The molecule has 1 aromatic heterocycles. The summed E-state index contributed by atoms with van der Waals surface area (Å²) in [7, 11) is 0. The highest BCUT2D eigenvalue weighted by Crippen LogP contribution is 2.25. The third-order valence-electron chi connectivity index (χ3n) is 5.83. The first kappa shape index (κ1) is 22.3. The molecule has 1 fully saturated rings. The molecule has 0 saturated carbocycles. The third kappa shape index (κ3) is 6.09. The lowest BCUT2D eigenvalue weighted by Gasteiger charge is -2.32. The van der Waals surface area contributed by atoms with Crippen LogP contribution in [-0.2, 0) is 4.79 Å². The van der Waals surface area contributed by atoms with Gasteiger partial charge >= 0.3 is 0 Å². The standard InChI is InChI=1S/C26H28ClN3O2/c27-22-8-6-7-21(19-22)25(24-11-4-5-14-28-24)29-26(31)20-12-15-30(16-13-20)17-18-32-23-9-2-1-3-10-23/h1-11,14,19-20,25H,12-13,15-18H2,(H,29,31)/t25-/m1/s1. The second-order valence-electron chi connectivity index (χ2n) is 8.03. The maximum Gasteiger partial charge on any atom is 0.224 e. The van der Waals surface area contributed by atoms with Gasteiger partial charge in [-0.15, -0.1) is 0 Å². The van der Waals surface area contributed by atoms with E-state index in [0.717, 1.165) is 49.5 Å². The summed E-state index contributed by atoms with van der Waals surface area (Å²) >= 11 is 6.21.